The predicted octanol–water partition coefficient (Wildman–Crippen LogP) is 2.47. The SMILES string of the molecule is O=Cc1cc(Cl)c(CC2CCCNC2)c2c1OCCO2. The van der Waals surface area contributed by atoms with E-state index in [-0.39, 0.29) is 0 Å². The van der Waals surface area contributed by atoms with Crippen LogP contribution in [0.1, 0.15) is 28.8 Å². The molecule has 1 aromatic carbocycles. The Morgan fingerprint density at radius 2 is 2.15 bits per heavy atom. The number of piperidine rings is 1. The maximum Gasteiger partial charge on any atom is 0.172 e. The van der Waals surface area contributed by atoms with Crippen molar-refractivity contribution in [3.8, 4) is 11.5 Å². The molecule has 4 nitrogen and oxygen atoms in total. The van der Waals surface area contributed by atoms with Gasteiger partial charge in [0.2, 0.25) is 0 Å². The number of carbonyl (C=O) groups excluding carboxylic acids is 1. The van der Waals surface area contributed by atoms with Crippen LogP contribution in [-0.4, -0.2) is 32.6 Å². The maximum atomic E-state index is 11.1. The van der Waals surface area contributed by atoms with Crippen molar-refractivity contribution >= 4 is 17.9 Å². The molecule has 0 spiro atoms. The molecule has 0 radical (unpaired) electrons. The molecule has 108 valence electrons. The molecule has 20 heavy (non-hydrogen) atoms. The molecule has 3 rings (SSSR count). The van der Waals surface area contributed by atoms with Gasteiger partial charge in [0, 0.05) is 10.6 Å². The van der Waals surface area contributed by atoms with Gasteiger partial charge in [-0.05, 0) is 44.3 Å². The van der Waals surface area contributed by atoms with Crippen LogP contribution in [0.15, 0.2) is 6.07 Å². The summed E-state index contributed by atoms with van der Waals surface area (Å²) in [5.74, 6) is 1.77. The molecule has 0 saturated carbocycles. The second-order valence-electron chi connectivity index (χ2n) is 5.32. The van der Waals surface area contributed by atoms with Crippen molar-refractivity contribution < 1.29 is 14.3 Å². The van der Waals surface area contributed by atoms with Crippen LogP contribution >= 0.6 is 11.6 Å². The molecule has 2 heterocycles. The topological polar surface area (TPSA) is 47.6 Å². The summed E-state index contributed by atoms with van der Waals surface area (Å²) in [5, 5.41) is 4.00. The summed E-state index contributed by atoms with van der Waals surface area (Å²) in [7, 11) is 0. The largest absolute Gasteiger partial charge is 0.486 e. The number of hydrogen-bond donors (Lipinski definition) is 1. The van der Waals surface area contributed by atoms with E-state index in [9.17, 15) is 4.79 Å². The van der Waals surface area contributed by atoms with Gasteiger partial charge in [-0.3, -0.25) is 4.79 Å². The van der Waals surface area contributed by atoms with E-state index in [0.29, 0.717) is 41.2 Å². The number of benzene rings is 1. The first-order chi connectivity index (χ1) is 9.79. The molecule has 2 aliphatic rings. The first-order valence-corrected chi connectivity index (χ1v) is 7.44. The molecule has 1 aromatic rings. The lowest BCUT2D eigenvalue weighted by Crippen LogP contribution is -2.31. The summed E-state index contributed by atoms with van der Waals surface area (Å²) < 4.78 is 11.3. The van der Waals surface area contributed by atoms with Gasteiger partial charge in [-0.15, -0.1) is 0 Å². The van der Waals surface area contributed by atoms with E-state index in [1.807, 2.05) is 0 Å². The van der Waals surface area contributed by atoms with Gasteiger partial charge in [0.05, 0.1) is 5.56 Å². The highest BCUT2D eigenvalue weighted by atomic mass is 35.5. The third-order valence-corrected chi connectivity index (χ3v) is 4.25. The number of rotatable bonds is 3. The highest BCUT2D eigenvalue weighted by molar-refractivity contribution is 6.32. The van der Waals surface area contributed by atoms with Crippen LogP contribution in [-0.2, 0) is 6.42 Å². The quantitative estimate of drug-likeness (QED) is 0.870. The predicted molar refractivity (Wildman–Crippen MR) is 77.1 cm³/mol. The van der Waals surface area contributed by atoms with Crippen molar-refractivity contribution in [2.75, 3.05) is 26.3 Å². The van der Waals surface area contributed by atoms with Crippen LogP contribution < -0.4 is 14.8 Å². The Morgan fingerprint density at radius 1 is 1.35 bits per heavy atom. The van der Waals surface area contributed by atoms with Gasteiger partial charge in [-0.2, -0.15) is 0 Å². The molecule has 1 unspecified atom stereocenters. The Kier molecular flexibility index (Phi) is 4.13. The Labute approximate surface area is 123 Å². The second kappa shape index (κ2) is 6.02. The molecule has 1 saturated heterocycles. The molecular formula is C15H18ClNO3. The van der Waals surface area contributed by atoms with Gasteiger partial charge >= 0.3 is 0 Å². The second-order valence-corrected chi connectivity index (χ2v) is 5.72. The standard InChI is InChI=1S/C15H18ClNO3/c16-13-7-11(9-18)14-15(20-5-4-19-14)12(13)6-10-2-1-3-17-8-10/h7,9-10,17H,1-6,8H2. The summed E-state index contributed by atoms with van der Waals surface area (Å²) in [6.07, 6.45) is 4.00. The lowest BCUT2D eigenvalue weighted by molar-refractivity contribution is 0.111. The van der Waals surface area contributed by atoms with Crippen LogP contribution in [0.25, 0.3) is 0 Å². The zero-order valence-electron chi connectivity index (χ0n) is 11.3. The number of fused-ring (bicyclic) bond motifs is 1. The van der Waals surface area contributed by atoms with Crippen molar-refractivity contribution in [2.24, 2.45) is 5.92 Å². The van der Waals surface area contributed by atoms with Crippen LogP contribution in [0.3, 0.4) is 0 Å². The number of carbonyl (C=O) groups is 1. The molecule has 0 aromatic heterocycles. The first kappa shape index (κ1) is 13.7. The minimum Gasteiger partial charge on any atom is -0.486 e. The zero-order valence-corrected chi connectivity index (χ0v) is 12.0. The summed E-state index contributed by atoms with van der Waals surface area (Å²) >= 11 is 6.35. The lowest BCUT2D eigenvalue weighted by atomic mass is 9.91. The number of halogens is 1. The monoisotopic (exact) mass is 295 g/mol. The molecule has 0 amide bonds. The summed E-state index contributed by atoms with van der Waals surface area (Å²) in [6, 6.07) is 1.69. The molecule has 0 aliphatic carbocycles. The van der Waals surface area contributed by atoms with E-state index in [0.717, 1.165) is 31.4 Å². The van der Waals surface area contributed by atoms with Crippen molar-refractivity contribution in [1.29, 1.82) is 0 Å². The van der Waals surface area contributed by atoms with E-state index in [1.165, 1.54) is 12.8 Å². The van der Waals surface area contributed by atoms with E-state index < -0.39 is 0 Å². The first-order valence-electron chi connectivity index (χ1n) is 7.06. The zero-order chi connectivity index (χ0) is 13.9. The average molecular weight is 296 g/mol. The number of hydrogen-bond acceptors (Lipinski definition) is 4. The van der Waals surface area contributed by atoms with E-state index in [2.05, 4.69) is 5.32 Å². The van der Waals surface area contributed by atoms with Gasteiger partial charge < -0.3 is 14.8 Å². The van der Waals surface area contributed by atoms with Crippen molar-refractivity contribution in [2.45, 2.75) is 19.3 Å². The van der Waals surface area contributed by atoms with Gasteiger partial charge in [0.25, 0.3) is 0 Å². The van der Waals surface area contributed by atoms with Crippen LogP contribution in [0.2, 0.25) is 5.02 Å². The highest BCUT2D eigenvalue weighted by Gasteiger charge is 2.25. The van der Waals surface area contributed by atoms with Crippen molar-refractivity contribution in [3.05, 3.63) is 22.2 Å². The smallest absolute Gasteiger partial charge is 0.172 e. The third kappa shape index (κ3) is 2.63. The maximum absolute atomic E-state index is 11.1. The molecule has 5 heteroatoms. The lowest BCUT2D eigenvalue weighted by Gasteiger charge is -2.27. The Bertz CT molecular complexity index is 512. The summed E-state index contributed by atoms with van der Waals surface area (Å²) in [6.45, 7) is 3.06. The van der Waals surface area contributed by atoms with Crippen molar-refractivity contribution in [1.82, 2.24) is 5.32 Å². The highest BCUT2D eigenvalue weighted by Crippen LogP contribution is 2.42. The Morgan fingerprint density at radius 3 is 2.85 bits per heavy atom. The fourth-order valence-corrected chi connectivity index (χ4v) is 3.20. The molecule has 0 bridgehead atoms. The van der Waals surface area contributed by atoms with Gasteiger partial charge in [-0.1, -0.05) is 11.6 Å². The van der Waals surface area contributed by atoms with Gasteiger partial charge in [0.1, 0.15) is 13.2 Å². The third-order valence-electron chi connectivity index (χ3n) is 3.91. The van der Waals surface area contributed by atoms with Crippen molar-refractivity contribution in [3.63, 3.8) is 0 Å². The fourth-order valence-electron chi connectivity index (χ4n) is 2.92. The minimum absolute atomic E-state index is 0.468. The Hall–Kier alpha value is -1.26. The fraction of sp³-hybridized carbons (Fsp3) is 0.533. The number of aldehydes is 1. The van der Waals surface area contributed by atoms with Crippen LogP contribution in [0, 0.1) is 5.92 Å². The van der Waals surface area contributed by atoms with Crippen LogP contribution in [0.4, 0.5) is 0 Å². The summed E-state index contributed by atoms with van der Waals surface area (Å²) in [5.41, 5.74) is 1.44. The van der Waals surface area contributed by atoms with E-state index >= 15 is 0 Å². The number of ether oxygens (including phenoxy) is 2. The van der Waals surface area contributed by atoms with Gasteiger partial charge in [-0.25, -0.2) is 0 Å². The van der Waals surface area contributed by atoms with E-state index in [1.54, 1.807) is 6.07 Å². The normalized spacial score (nSPS) is 21.6. The van der Waals surface area contributed by atoms with Gasteiger partial charge in [0.15, 0.2) is 17.8 Å². The Balaban J connectivity index is 1.94. The average Bonchev–Trinajstić information content (AvgIpc) is 2.51. The molecule has 1 atom stereocenters. The summed E-state index contributed by atoms with van der Waals surface area (Å²) in [4.78, 5) is 11.1. The van der Waals surface area contributed by atoms with E-state index in [4.69, 9.17) is 21.1 Å². The molecule has 2 aliphatic heterocycles. The van der Waals surface area contributed by atoms with Crippen LogP contribution in [0.5, 0.6) is 11.5 Å². The molecule has 1 N–H and O–H groups in total. The molecule has 1 fully saturated rings. The molecular weight excluding hydrogens is 278 g/mol. The minimum atomic E-state index is 0.468. The number of nitrogens with one attached hydrogen (secondary N) is 1.